The number of benzene rings is 1. The Labute approximate surface area is 150 Å². The lowest BCUT2D eigenvalue weighted by atomic mass is 9.94. The number of nitrogens with one attached hydrogen (secondary N) is 2. The molecule has 3 heterocycles. The number of hydrogen-bond acceptors (Lipinski definition) is 4. The first kappa shape index (κ1) is 16.7. The minimum absolute atomic E-state index is 0.210. The van der Waals surface area contributed by atoms with Gasteiger partial charge >= 0.3 is 0 Å². The minimum Gasteiger partial charge on any atom is -0.352 e. The van der Waals surface area contributed by atoms with Crippen LogP contribution >= 0.6 is 0 Å². The quantitative estimate of drug-likeness (QED) is 0.756. The van der Waals surface area contributed by atoms with Crippen LogP contribution in [0.15, 0.2) is 43.0 Å². The van der Waals surface area contributed by atoms with Gasteiger partial charge in [0.05, 0.1) is 17.4 Å². The molecule has 7 heteroatoms. The summed E-state index contributed by atoms with van der Waals surface area (Å²) in [6, 6.07) is 6.77. The first-order chi connectivity index (χ1) is 12.6. The number of halogens is 1. The molecule has 1 saturated heterocycles. The second-order valence-corrected chi connectivity index (χ2v) is 6.72. The highest BCUT2D eigenvalue weighted by atomic mass is 19.1. The summed E-state index contributed by atoms with van der Waals surface area (Å²) in [5.41, 5.74) is 2.40. The van der Waals surface area contributed by atoms with Crippen molar-refractivity contribution >= 4 is 16.9 Å². The van der Waals surface area contributed by atoms with E-state index < -0.39 is 5.82 Å². The zero-order chi connectivity index (χ0) is 18.1. The van der Waals surface area contributed by atoms with E-state index >= 15 is 0 Å². The third kappa shape index (κ3) is 3.06. The maximum atomic E-state index is 13.8. The van der Waals surface area contributed by atoms with Crippen molar-refractivity contribution in [3.8, 4) is 0 Å². The second-order valence-electron chi connectivity index (χ2n) is 6.72. The van der Waals surface area contributed by atoms with Gasteiger partial charge in [0.1, 0.15) is 11.3 Å². The van der Waals surface area contributed by atoms with Gasteiger partial charge in [0.15, 0.2) is 0 Å². The van der Waals surface area contributed by atoms with Gasteiger partial charge in [0.2, 0.25) is 0 Å². The van der Waals surface area contributed by atoms with E-state index in [0.717, 1.165) is 18.5 Å². The molecular weight excluding hydrogens is 333 g/mol. The Balaban J connectivity index is 1.51. The number of carbonyl (C=O) groups is 1. The number of amides is 1. The van der Waals surface area contributed by atoms with Crippen LogP contribution < -0.4 is 5.32 Å². The van der Waals surface area contributed by atoms with Crippen LogP contribution in [0.25, 0.3) is 11.0 Å². The van der Waals surface area contributed by atoms with Crippen LogP contribution in [-0.2, 0) is 0 Å². The summed E-state index contributed by atoms with van der Waals surface area (Å²) in [6.45, 7) is 1.48. The highest BCUT2D eigenvalue weighted by Gasteiger charge is 2.33. The normalized spacial score (nSPS) is 20.5. The molecule has 0 unspecified atom stereocenters. The van der Waals surface area contributed by atoms with E-state index in [-0.39, 0.29) is 23.4 Å². The van der Waals surface area contributed by atoms with E-state index in [1.807, 2.05) is 12.3 Å². The molecule has 3 aromatic rings. The Morgan fingerprint density at radius 1 is 1.46 bits per heavy atom. The van der Waals surface area contributed by atoms with E-state index in [9.17, 15) is 9.18 Å². The molecule has 1 aromatic carbocycles. The van der Waals surface area contributed by atoms with Crippen LogP contribution in [-0.4, -0.2) is 45.9 Å². The van der Waals surface area contributed by atoms with Gasteiger partial charge in [0, 0.05) is 25.0 Å². The van der Waals surface area contributed by atoms with Gasteiger partial charge in [-0.15, -0.1) is 0 Å². The van der Waals surface area contributed by atoms with Crippen LogP contribution in [0.5, 0.6) is 0 Å². The molecule has 0 radical (unpaired) electrons. The van der Waals surface area contributed by atoms with Crippen molar-refractivity contribution in [3.63, 3.8) is 0 Å². The molecular formula is C19H20FN5O. The molecule has 0 aliphatic carbocycles. The summed E-state index contributed by atoms with van der Waals surface area (Å²) in [5.74, 6) is -0.488. The number of rotatable bonds is 4. The molecule has 2 atom stereocenters. The molecule has 0 bridgehead atoms. The smallest absolute Gasteiger partial charge is 0.253 e. The average molecular weight is 353 g/mol. The second kappa shape index (κ2) is 6.84. The first-order valence-electron chi connectivity index (χ1n) is 8.64. The molecule has 2 N–H and O–H groups in total. The SMILES string of the molecule is CN1CC[C@@H](CNC(=O)c2cc(F)cc3[nH]cnc23)[C@@H]1c1cccnc1. The number of fused-ring (bicyclic) bond motifs is 1. The zero-order valence-corrected chi connectivity index (χ0v) is 14.4. The number of hydrogen-bond donors (Lipinski definition) is 2. The fourth-order valence-electron chi connectivity index (χ4n) is 3.82. The zero-order valence-electron chi connectivity index (χ0n) is 14.4. The summed E-state index contributed by atoms with van der Waals surface area (Å²) >= 11 is 0. The Bertz CT molecular complexity index is 926. The molecule has 2 aromatic heterocycles. The molecule has 134 valence electrons. The predicted molar refractivity (Wildman–Crippen MR) is 96.1 cm³/mol. The Kier molecular flexibility index (Phi) is 4.38. The van der Waals surface area contributed by atoms with Crippen LogP contribution in [0.4, 0.5) is 4.39 Å². The third-order valence-corrected chi connectivity index (χ3v) is 5.06. The molecule has 1 amide bonds. The lowest BCUT2D eigenvalue weighted by Crippen LogP contribution is -2.32. The van der Waals surface area contributed by atoms with Gasteiger partial charge < -0.3 is 10.3 Å². The average Bonchev–Trinajstić information content (AvgIpc) is 3.26. The Morgan fingerprint density at radius 2 is 2.35 bits per heavy atom. The highest BCUT2D eigenvalue weighted by Crippen LogP contribution is 2.35. The Morgan fingerprint density at radius 3 is 3.15 bits per heavy atom. The molecule has 1 aliphatic heterocycles. The summed E-state index contributed by atoms with van der Waals surface area (Å²) < 4.78 is 13.8. The lowest BCUT2D eigenvalue weighted by molar-refractivity contribution is 0.0944. The summed E-state index contributed by atoms with van der Waals surface area (Å²) in [6.07, 6.45) is 6.08. The maximum Gasteiger partial charge on any atom is 0.253 e. The fraction of sp³-hybridized carbons (Fsp3) is 0.316. The van der Waals surface area contributed by atoms with Gasteiger partial charge in [-0.2, -0.15) is 0 Å². The molecule has 1 fully saturated rings. The molecule has 0 saturated carbocycles. The van der Waals surface area contributed by atoms with Gasteiger partial charge in [-0.05, 0) is 49.7 Å². The van der Waals surface area contributed by atoms with Gasteiger partial charge in [-0.3, -0.25) is 14.7 Å². The van der Waals surface area contributed by atoms with Crippen molar-refractivity contribution in [2.24, 2.45) is 5.92 Å². The largest absolute Gasteiger partial charge is 0.352 e. The molecule has 4 rings (SSSR count). The number of pyridine rings is 1. The number of aromatic amines is 1. The molecule has 0 spiro atoms. The van der Waals surface area contributed by atoms with Crippen molar-refractivity contribution in [2.45, 2.75) is 12.5 Å². The van der Waals surface area contributed by atoms with Crippen molar-refractivity contribution < 1.29 is 9.18 Å². The van der Waals surface area contributed by atoms with Crippen LogP contribution in [0.3, 0.4) is 0 Å². The Hall–Kier alpha value is -2.80. The summed E-state index contributed by atoms with van der Waals surface area (Å²) in [5, 5.41) is 2.96. The molecule has 26 heavy (non-hydrogen) atoms. The monoisotopic (exact) mass is 353 g/mol. The fourth-order valence-corrected chi connectivity index (χ4v) is 3.82. The van der Waals surface area contributed by atoms with Crippen LogP contribution in [0.2, 0.25) is 0 Å². The first-order valence-corrected chi connectivity index (χ1v) is 8.64. The van der Waals surface area contributed by atoms with Gasteiger partial charge in [-0.25, -0.2) is 9.37 Å². The summed E-state index contributed by atoms with van der Waals surface area (Å²) in [7, 11) is 2.08. The van der Waals surface area contributed by atoms with E-state index in [4.69, 9.17) is 0 Å². The van der Waals surface area contributed by atoms with E-state index in [0.29, 0.717) is 17.6 Å². The number of imidazole rings is 1. The molecule has 6 nitrogen and oxygen atoms in total. The highest BCUT2D eigenvalue weighted by molar-refractivity contribution is 6.04. The van der Waals surface area contributed by atoms with E-state index in [1.165, 1.54) is 18.5 Å². The standard InChI is InChI=1S/C19H20FN5O/c1-25-6-4-13(18(25)12-3-2-5-21-9-12)10-22-19(26)15-7-14(20)8-16-17(15)24-11-23-16/h2-3,5,7-9,11,13,18H,4,6,10H2,1H3,(H,22,26)(H,23,24)/t13-,18-/m0/s1. The van der Waals surface area contributed by atoms with Crippen molar-refractivity contribution in [3.05, 3.63) is 59.9 Å². The van der Waals surface area contributed by atoms with E-state index in [1.54, 1.807) is 6.20 Å². The van der Waals surface area contributed by atoms with Crippen molar-refractivity contribution in [1.29, 1.82) is 0 Å². The number of nitrogens with zero attached hydrogens (tertiary/aromatic N) is 3. The van der Waals surface area contributed by atoms with Crippen molar-refractivity contribution in [1.82, 2.24) is 25.2 Å². The third-order valence-electron chi connectivity index (χ3n) is 5.06. The lowest BCUT2D eigenvalue weighted by Gasteiger charge is -2.25. The number of aromatic nitrogens is 3. The number of likely N-dealkylation sites (tertiary alicyclic amines) is 1. The number of H-pyrrole nitrogens is 1. The van der Waals surface area contributed by atoms with Crippen LogP contribution in [0, 0.1) is 11.7 Å². The van der Waals surface area contributed by atoms with Gasteiger partial charge in [-0.1, -0.05) is 6.07 Å². The molecule has 1 aliphatic rings. The van der Waals surface area contributed by atoms with Gasteiger partial charge in [0.25, 0.3) is 5.91 Å². The van der Waals surface area contributed by atoms with Crippen molar-refractivity contribution in [2.75, 3.05) is 20.1 Å². The predicted octanol–water partition coefficient (Wildman–Crippen LogP) is 2.52. The number of carbonyl (C=O) groups excluding carboxylic acids is 1. The van der Waals surface area contributed by atoms with Crippen LogP contribution in [0.1, 0.15) is 28.4 Å². The minimum atomic E-state index is -0.458. The summed E-state index contributed by atoms with van der Waals surface area (Å²) in [4.78, 5) is 26.1. The van der Waals surface area contributed by atoms with E-state index in [2.05, 4.69) is 38.3 Å². The maximum absolute atomic E-state index is 13.8. The topological polar surface area (TPSA) is 73.9 Å².